The Kier molecular flexibility index (Phi) is 6.00. The minimum Gasteiger partial charge on any atom is -0.346 e. The van der Waals surface area contributed by atoms with Crippen molar-refractivity contribution in [3.05, 3.63) is 64.1 Å². The summed E-state index contributed by atoms with van der Waals surface area (Å²) in [6, 6.07) is 9.54. The van der Waals surface area contributed by atoms with Gasteiger partial charge in [-0.05, 0) is 67.9 Å². The molecule has 206 valence electrons. The Morgan fingerprint density at radius 1 is 1.23 bits per heavy atom. The van der Waals surface area contributed by atoms with Crippen LogP contribution in [0.4, 0.5) is 8.78 Å². The molecule has 1 aliphatic carbocycles. The summed E-state index contributed by atoms with van der Waals surface area (Å²) in [7, 11) is 1.54. The van der Waals surface area contributed by atoms with Gasteiger partial charge in [0, 0.05) is 31.4 Å². The quantitative estimate of drug-likeness (QED) is 0.258. The van der Waals surface area contributed by atoms with Gasteiger partial charge in [0.25, 0.3) is 0 Å². The van der Waals surface area contributed by atoms with Crippen molar-refractivity contribution in [2.24, 2.45) is 24.8 Å². The summed E-state index contributed by atoms with van der Waals surface area (Å²) >= 11 is 6.74. The van der Waals surface area contributed by atoms with Gasteiger partial charge in [0.05, 0.1) is 32.9 Å². The van der Waals surface area contributed by atoms with E-state index in [9.17, 15) is 14.0 Å². The molecule has 4 unspecified atom stereocenters. The van der Waals surface area contributed by atoms with E-state index in [0.717, 1.165) is 42.2 Å². The standard InChI is InChI=1S/C30H29ClF2N6O/c1-4-16-9-20(16)19-7-8-38(14-19)30-27(40-30)26-15(2)39(29(35-26)17-5-6-18(13-34)23(32)10-17)25-11-21-24(12-22(25)31)36-37(3)28(21)33/h5-6,10-12,16,19-20,27,30H,4,7-9,14H2,1-3H3/t16?,19-,20?,27?,30?/m0/s1. The number of fused-ring (bicyclic) bond motifs is 1. The molecule has 7 rings (SSSR count). The van der Waals surface area contributed by atoms with Crippen molar-refractivity contribution in [1.29, 1.82) is 5.26 Å². The maximum atomic E-state index is 14.9. The van der Waals surface area contributed by atoms with Crippen molar-refractivity contribution in [1.82, 2.24) is 24.2 Å². The number of nitriles is 1. The fourth-order valence-electron chi connectivity index (χ4n) is 6.67. The fraction of sp³-hybridized carbons (Fsp3) is 0.433. The van der Waals surface area contributed by atoms with E-state index in [1.54, 1.807) is 18.2 Å². The SMILES string of the molecule is CCC1CC1[C@H]1CCN(C2OC2c2nc(-c3ccc(C#N)c(F)c3)n(-c3cc4c(F)n(C)nc4cc3Cl)c2C)C1. The highest BCUT2D eigenvalue weighted by Crippen LogP contribution is 2.52. The highest BCUT2D eigenvalue weighted by Gasteiger charge is 2.52. The molecule has 3 fully saturated rings. The zero-order valence-corrected chi connectivity index (χ0v) is 23.3. The largest absolute Gasteiger partial charge is 0.346 e. The molecule has 4 aromatic rings. The number of rotatable bonds is 6. The number of benzene rings is 2. The zero-order chi connectivity index (χ0) is 27.9. The summed E-state index contributed by atoms with van der Waals surface area (Å²) in [4.78, 5) is 7.39. The Morgan fingerprint density at radius 2 is 2.05 bits per heavy atom. The number of imidazole rings is 1. The molecule has 0 bridgehead atoms. The summed E-state index contributed by atoms with van der Waals surface area (Å²) in [6.07, 6.45) is 3.53. The summed E-state index contributed by atoms with van der Waals surface area (Å²) in [5.74, 6) is 1.77. The molecule has 7 nitrogen and oxygen atoms in total. The van der Waals surface area contributed by atoms with Crippen molar-refractivity contribution in [3.63, 3.8) is 0 Å². The molecule has 0 N–H and O–H groups in total. The van der Waals surface area contributed by atoms with Gasteiger partial charge in [-0.2, -0.15) is 14.8 Å². The van der Waals surface area contributed by atoms with Crippen LogP contribution in [-0.4, -0.2) is 43.5 Å². The smallest absolute Gasteiger partial charge is 0.219 e. The van der Waals surface area contributed by atoms with E-state index < -0.39 is 11.8 Å². The molecule has 2 saturated heterocycles. The molecular weight excluding hydrogens is 534 g/mol. The van der Waals surface area contributed by atoms with Crippen LogP contribution in [0.15, 0.2) is 30.3 Å². The Labute approximate surface area is 235 Å². The minimum atomic E-state index is -0.636. The van der Waals surface area contributed by atoms with Crippen LogP contribution >= 0.6 is 11.6 Å². The third-order valence-corrected chi connectivity index (χ3v) is 9.33. The van der Waals surface area contributed by atoms with Crippen LogP contribution < -0.4 is 0 Å². The van der Waals surface area contributed by atoms with Crippen molar-refractivity contribution >= 4 is 22.5 Å². The highest BCUT2D eigenvalue weighted by atomic mass is 35.5. The van der Waals surface area contributed by atoms with E-state index in [4.69, 9.17) is 21.3 Å². The molecule has 10 heteroatoms. The molecule has 5 atom stereocenters. The van der Waals surface area contributed by atoms with E-state index in [1.165, 1.54) is 43.1 Å². The maximum Gasteiger partial charge on any atom is 0.219 e. The van der Waals surface area contributed by atoms with Crippen molar-refractivity contribution in [2.75, 3.05) is 13.1 Å². The first-order chi connectivity index (χ1) is 19.3. The molecule has 40 heavy (non-hydrogen) atoms. The normalized spacial score (nSPS) is 26.0. The first kappa shape index (κ1) is 25.6. The number of aromatic nitrogens is 4. The molecule has 4 heterocycles. The monoisotopic (exact) mass is 562 g/mol. The lowest BCUT2D eigenvalue weighted by Crippen LogP contribution is -2.25. The number of ether oxygens (including phenoxy) is 1. The summed E-state index contributed by atoms with van der Waals surface area (Å²) in [5, 5.41) is 14.1. The van der Waals surface area contributed by atoms with Gasteiger partial charge < -0.3 is 4.74 Å². The van der Waals surface area contributed by atoms with E-state index >= 15 is 0 Å². The van der Waals surface area contributed by atoms with Gasteiger partial charge in [-0.1, -0.05) is 24.9 Å². The lowest BCUT2D eigenvalue weighted by molar-refractivity contribution is 0.201. The second-order valence-electron chi connectivity index (χ2n) is 11.3. The topological polar surface area (TPSA) is 75.2 Å². The van der Waals surface area contributed by atoms with Crippen LogP contribution in [-0.2, 0) is 11.8 Å². The summed E-state index contributed by atoms with van der Waals surface area (Å²) < 4.78 is 38.8. The lowest BCUT2D eigenvalue weighted by atomic mass is 10.0. The minimum absolute atomic E-state index is 0.0502. The molecule has 3 aliphatic rings. The first-order valence-corrected chi connectivity index (χ1v) is 14.2. The van der Waals surface area contributed by atoms with Gasteiger partial charge in [-0.15, -0.1) is 0 Å². The molecule has 0 radical (unpaired) electrons. The van der Waals surface area contributed by atoms with Crippen LogP contribution in [0.3, 0.4) is 0 Å². The maximum absolute atomic E-state index is 14.9. The number of likely N-dealkylation sites (tertiary alicyclic amines) is 1. The molecule has 0 spiro atoms. The van der Waals surface area contributed by atoms with Crippen LogP contribution in [0.25, 0.3) is 28.0 Å². The molecule has 2 aromatic heterocycles. The van der Waals surface area contributed by atoms with Crippen LogP contribution in [0.1, 0.15) is 49.2 Å². The van der Waals surface area contributed by atoms with E-state index in [2.05, 4.69) is 16.9 Å². The zero-order valence-electron chi connectivity index (χ0n) is 22.5. The molecule has 2 aliphatic heterocycles. The molecule has 1 saturated carbocycles. The number of halogens is 3. The average molecular weight is 563 g/mol. The third kappa shape index (κ3) is 4.04. The van der Waals surface area contributed by atoms with Gasteiger partial charge >= 0.3 is 0 Å². The van der Waals surface area contributed by atoms with Gasteiger partial charge in [-0.3, -0.25) is 9.47 Å². The molecular formula is C30H29ClF2N6O. The van der Waals surface area contributed by atoms with Crippen molar-refractivity contribution in [2.45, 2.75) is 45.4 Å². The summed E-state index contributed by atoms with van der Waals surface area (Å²) in [5.41, 5.74) is 2.90. The Morgan fingerprint density at radius 3 is 2.77 bits per heavy atom. The van der Waals surface area contributed by atoms with Gasteiger partial charge in [0.2, 0.25) is 5.95 Å². The number of epoxide rings is 1. The van der Waals surface area contributed by atoms with E-state index in [1.807, 2.05) is 17.6 Å². The van der Waals surface area contributed by atoms with Crippen LogP contribution in [0.2, 0.25) is 5.02 Å². The predicted octanol–water partition coefficient (Wildman–Crippen LogP) is 6.30. The van der Waals surface area contributed by atoms with E-state index in [-0.39, 0.29) is 17.9 Å². The second kappa shape index (κ2) is 9.37. The molecule has 0 amide bonds. The van der Waals surface area contributed by atoms with E-state index in [0.29, 0.717) is 33.0 Å². The van der Waals surface area contributed by atoms with Gasteiger partial charge in [-0.25, -0.2) is 14.1 Å². The molecule has 2 aromatic carbocycles. The van der Waals surface area contributed by atoms with Gasteiger partial charge in [0.15, 0.2) is 0 Å². The Hall–Kier alpha value is -3.32. The fourth-order valence-corrected chi connectivity index (χ4v) is 6.91. The average Bonchev–Trinajstić information content (AvgIpc) is 3.80. The third-order valence-electron chi connectivity index (χ3n) is 9.02. The summed E-state index contributed by atoms with van der Waals surface area (Å²) in [6.45, 7) is 6.25. The lowest BCUT2D eigenvalue weighted by Gasteiger charge is -2.14. The predicted molar refractivity (Wildman–Crippen MR) is 147 cm³/mol. The number of aryl methyl sites for hydroxylation is 1. The van der Waals surface area contributed by atoms with Crippen LogP contribution in [0, 0.1) is 47.8 Å². The van der Waals surface area contributed by atoms with Crippen molar-refractivity contribution in [3.8, 4) is 23.1 Å². The highest BCUT2D eigenvalue weighted by molar-refractivity contribution is 6.33. The number of hydrogen-bond acceptors (Lipinski definition) is 5. The number of hydrogen-bond donors (Lipinski definition) is 0. The Balaban J connectivity index is 1.29. The Bertz CT molecular complexity index is 1710. The second-order valence-corrected chi connectivity index (χ2v) is 11.7. The number of nitrogens with zero attached hydrogens (tertiary/aromatic N) is 6. The van der Waals surface area contributed by atoms with Gasteiger partial charge in [0.1, 0.15) is 30.0 Å². The van der Waals surface area contributed by atoms with Crippen molar-refractivity contribution < 1.29 is 13.5 Å². The first-order valence-electron chi connectivity index (χ1n) is 13.8. The van der Waals surface area contributed by atoms with Crippen LogP contribution in [0.5, 0.6) is 0 Å².